The zero-order valence-corrected chi connectivity index (χ0v) is 15.8. The molecule has 0 radical (unpaired) electrons. The van der Waals surface area contributed by atoms with E-state index in [4.69, 9.17) is 8.84 Å². The molecule has 10 heteroatoms. The van der Waals surface area contributed by atoms with Gasteiger partial charge in [0, 0.05) is 0 Å². The Morgan fingerprint density at radius 3 is 2.62 bits per heavy atom. The molecule has 0 bridgehead atoms. The lowest BCUT2D eigenvalue weighted by atomic mass is 10.2. The summed E-state index contributed by atoms with van der Waals surface area (Å²) in [5.41, 5.74) is 0. The molecule has 1 atom stereocenters. The number of hydrogen-bond acceptors (Lipinski definition) is 7. The van der Waals surface area contributed by atoms with Crippen LogP contribution in [0, 0.1) is 10.1 Å². The largest absolute Gasteiger partial charge is 0.441 e. The molecule has 0 fully saturated rings. The van der Waals surface area contributed by atoms with Crippen LogP contribution in [0.25, 0.3) is 0 Å². The lowest BCUT2D eigenvalue weighted by molar-refractivity contribution is -0.389. The molecule has 2 aromatic heterocycles. The molecule has 0 aliphatic heterocycles. The lowest BCUT2D eigenvalue weighted by Crippen LogP contribution is -2.41. The standard InChI is InChI=1S/C14H23N5O4Si/c1-10(23-24(5,6)14(2,3)4)13-15-7-11(22-13)9-18-16-8-12(17-18)19(20)21/h7-8,10H,9H2,1-6H3. The summed E-state index contributed by atoms with van der Waals surface area (Å²) in [6.07, 6.45) is 2.40. The van der Waals surface area contributed by atoms with Crippen molar-refractivity contribution in [1.82, 2.24) is 20.0 Å². The van der Waals surface area contributed by atoms with Gasteiger partial charge < -0.3 is 19.0 Å². The molecular weight excluding hydrogens is 330 g/mol. The molecule has 132 valence electrons. The molecular formula is C14H23N5O4Si. The minimum absolute atomic E-state index is 0.0919. The summed E-state index contributed by atoms with van der Waals surface area (Å²) in [6.45, 7) is 12.9. The van der Waals surface area contributed by atoms with Gasteiger partial charge in [0.1, 0.15) is 18.4 Å². The summed E-state index contributed by atoms with van der Waals surface area (Å²) in [5.74, 6) is 0.696. The Bertz CT molecular complexity index is 719. The first-order chi connectivity index (χ1) is 11.0. The maximum atomic E-state index is 10.6. The van der Waals surface area contributed by atoms with Gasteiger partial charge in [0.15, 0.2) is 14.5 Å². The van der Waals surface area contributed by atoms with Gasteiger partial charge in [-0.3, -0.25) is 0 Å². The van der Waals surface area contributed by atoms with Gasteiger partial charge in [0.2, 0.25) is 5.89 Å². The highest BCUT2D eigenvalue weighted by Gasteiger charge is 2.39. The monoisotopic (exact) mass is 353 g/mol. The second kappa shape index (κ2) is 6.44. The molecule has 0 saturated heterocycles. The Balaban J connectivity index is 2.05. The van der Waals surface area contributed by atoms with Crippen LogP contribution >= 0.6 is 0 Å². The van der Waals surface area contributed by atoms with Crippen LogP contribution in [0.4, 0.5) is 5.82 Å². The Hall–Kier alpha value is -2.07. The smallest absolute Gasteiger partial charge is 0.410 e. The van der Waals surface area contributed by atoms with Crippen LogP contribution in [0.3, 0.4) is 0 Å². The summed E-state index contributed by atoms with van der Waals surface area (Å²) in [5, 5.41) is 18.3. The molecule has 2 heterocycles. The maximum Gasteiger partial charge on any atom is 0.410 e. The van der Waals surface area contributed by atoms with Gasteiger partial charge in [-0.15, -0.1) is 5.10 Å². The van der Waals surface area contributed by atoms with E-state index in [1.807, 2.05) is 6.92 Å². The second-order valence-electron chi connectivity index (χ2n) is 7.18. The van der Waals surface area contributed by atoms with Gasteiger partial charge in [-0.05, 0) is 30.0 Å². The van der Waals surface area contributed by atoms with Crippen molar-refractivity contribution in [3.8, 4) is 0 Å². The number of nitrogens with zero attached hydrogens (tertiary/aromatic N) is 5. The molecule has 2 aromatic rings. The van der Waals surface area contributed by atoms with Crippen molar-refractivity contribution in [2.75, 3.05) is 0 Å². The van der Waals surface area contributed by atoms with Crippen LogP contribution in [0.15, 0.2) is 16.8 Å². The van der Waals surface area contributed by atoms with E-state index in [1.54, 1.807) is 6.20 Å². The Morgan fingerprint density at radius 1 is 1.42 bits per heavy atom. The Labute approximate surface area is 141 Å². The van der Waals surface area contributed by atoms with Crippen LogP contribution in [-0.4, -0.2) is 33.2 Å². The third-order valence-corrected chi connectivity index (χ3v) is 8.76. The van der Waals surface area contributed by atoms with E-state index in [-0.39, 0.29) is 23.5 Å². The molecule has 2 rings (SSSR count). The third kappa shape index (κ3) is 4.06. The quantitative estimate of drug-likeness (QED) is 0.445. The zero-order valence-electron chi connectivity index (χ0n) is 14.8. The van der Waals surface area contributed by atoms with Crippen LogP contribution < -0.4 is 0 Å². The average molecular weight is 353 g/mol. The molecule has 1 unspecified atom stereocenters. The summed E-state index contributed by atoms with van der Waals surface area (Å²) in [7, 11) is -1.93. The lowest BCUT2D eigenvalue weighted by Gasteiger charge is -2.37. The minimum Gasteiger partial charge on any atom is -0.441 e. The van der Waals surface area contributed by atoms with E-state index in [2.05, 4.69) is 49.0 Å². The fourth-order valence-corrected chi connectivity index (χ4v) is 3.18. The van der Waals surface area contributed by atoms with E-state index in [0.29, 0.717) is 11.7 Å². The molecule has 0 spiro atoms. The number of aromatic nitrogens is 4. The fourth-order valence-electron chi connectivity index (χ4n) is 1.84. The predicted molar refractivity (Wildman–Crippen MR) is 89.0 cm³/mol. The average Bonchev–Trinajstić information content (AvgIpc) is 3.06. The number of rotatable bonds is 6. The first-order valence-corrected chi connectivity index (χ1v) is 10.6. The van der Waals surface area contributed by atoms with Crippen LogP contribution in [-0.2, 0) is 11.0 Å². The number of oxazole rings is 1. The molecule has 24 heavy (non-hydrogen) atoms. The van der Waals surface area contributed by atoms with Crippen molar-refractivity contribution >= 4 is 14.1 Å². The minimum atomic E-state index is -1.93. The molecule has 0 N–H and O–H groups in total. The van der Waals surface area contributed by atoms with Crippen molar-refractivity contribution in [2.45, 2.75) is 58.5 Å². The molecule has 9 nitrogen and oxygen atoms in total. The van der Waals surface area contributed by atoms with E-state index in [0.717, 1.165) is 6.20 Å². The van der Waals surface area contributed by atoms with Gasteiger partial charge in [0.05, 0.1) is 11.3 Å². The van der Waals surface area contributed by atoms with Crippen molar-refractivity contribution in [3.63, 3.8) is 0 Å². The first kappa shape index (κ1) is 18.3. The summed E-state index contributed by atoms with van der Waals surface area (Å²) >= 11 is 0. The highest BCUT2D eigenvalue weighted by atomic mass is 28.4. The SMILES string of the molecule is CC(O[Si](C)(C)C(C)(C)C)c1ncc(Cn2ncc([N+](=O)[O-])n2)o1. The maximum absolute atomic E-state index is 10.6. The normalized spacial score (nSPS) is 13.9. The summed E-state index contributed by atoms with van der Waals surface area (Å²) in [6, 6.07) is 0. The topological polar surface area (TPSA) is 109 Å². The van der Waals surface area contributed by atoms with E-state index in [1.165, 1.54) is 4.80 Å². The van der Waals surface area contributed by atoms with Crippen molar-refractivity contribution in [1.29, 1.82) is 0 Å². The molecule has 0 aromatic carbocycles. The van der Waals surface area contributed by atoms with Crippen LogP contribution in [0.5, 0.6) is 0 Å². The van der Waals surface area contributed by atoms with Crippen LogP contribution in [0.2, 0.25) is 18.1 Å². The summed E-state index contributed by atoms with van der Waals surface area (Å²) in [4.78, 5) is 15.5. The van der Waals surface area contributed by atoms with E-state index in [9.17, 15) is 10.1 Å². The van der Waals surface area contributed by atoms with E-state index < -0.39 is 13.2 Å². The first-order valence-electron chi connectivity index (χ1n) is 7.66. The fraction of sp³-hybridized carbons (Fsp3) is 0.643. The van der Waals surface area contributed by atoms with Gasteiger partial charge in [-0.2, -0.15) is 0 Å². The predicted octanol–water partition coefficient (Wildman–Crippen LogP) is 3.31. The van der Waals surface area contributed by atoms with Crippen molar-refractivity contribution in [2.24, 2.45) is 0 Å². The van der Waals surface area contributed by atoms with Crippen molar-refractivity contribution in [3.05, 3.63) is 34.2 Å². The second-order valence-corrected chi connectivity index (χ2v) is 11.9. The molecule has 0 aliphatic rings. The van der Waals surface area contributed by atoms with Gasteiger partial charge in [-0.25, -0.2) is 4.98 Å². The van der Waals surface area contributed by atoms with Crippen molar-refractivity contribution < 1.29 is 13.8 Å². The zero-order chi connectivity index (χ0) is 18.1. The Kier molecular flexibility index (Phi) is 4.90. The molecule has 0 amide bonds. The Morgan fingerprint density at radius 2 is 2.08 bits per heavy atom. The number of nitro groups is 1. The van der Waals surface area contributed by atoms with Gasteiger partial charge in [-0.1, -0.05) is 25.6 Å². The van der Waals surface area contributed by atoms with Gasteiger partial charge >= 0.3 is 5.82 Å². The highest BCUT2D eigenvalue weighted by molar-refractivity contribution is 6.74. The summed E-state index contributed by atoms with van der Waals surface area (Å²) < 4.78 is 11.9. The van der Waals surface area contributed by atoms with E-state index >= 15 is 0 Å². The van der Waals surface area contributed by atoms with Crippen LogP contribution in [0.1, 0.15) is 45.4 Å². The third-order valence-electron chi connectivity index (χ3n) is 4.21. The molecule has 0 saturated carbocycles. The highest BCUT2D eigenvalue weighted by Crippen LogP contribution is 2.39. The number of hydrogen-bond donors (Lipinski definition) is 0. The van der Waals surface area contributed by atoms with Gasteiger partial charge in [0.25, 0.3) is 0 Å². The molecule has 0 aliphatic carbocycles.